The molecule has 0 saturated carbocycles. The molecule has 0 amide bonds. The predicted molar refractivity (Wildman–Crippen MR) is 59.9 cm³/mol. The van der Waals surface area contributed by atoms with Crippen LogP contribution >= 0.6 is 0 Å². The van der Waals surface area contributed by atoms with E-state index in [1.54, 1.807) is 0 Å². The highest BCUT2D eigenvalue weighted by atomic mass is 32.2. The zero-order chi connectivity index (χ0) is 10.6. The maximum atomic E-state index is 11.6. The largest absolute Gasteiger partial charge is 0.591 e. The number of ether oxygens (including phenoxy) is 1. The van der Waals surface area contributed by atoms with Gasteiger partial charge < -0.3 is 9.29 Å². The fraction of sp³-hybridized carbons (Fsp3) is 0.900. The quantitative estimate of drug-likeness (QED) is 0.524. The van der Waals surface area contributed by atoms with Crippen LogP contribution < -0.4 is 0 Å². The molecule has 1 aliphatic heterocycles. The molecule has 4 heteroatoms. The maximum Gasteiger partial charge on any atom is 0.144 e. The first-order valence-electron chi connectivity index (χ1n) is 5.04. The summed E-state index contributed by atoms with van der Waals surface area (Å²) in [6, 6.07) is 0. The van der Waals surface area contributed by atoms with Crippen molar-refractivity contribution in [2.75, 3.05) is 13.2 Å². The van der Waals surface area contributed by atoms with Crippen LogP contribution in [0.15, 0.2) is 4.40 Å². The number of hydrogen-bond acceptors (Lipinski definition) is 3. The Morgan fingerprint density at radius 3 is 2.43 bits per heavy atom. The minimum absolute atomic E-state index is 0.248. The van der Waals surface area contributed by atoms with Crippen molar-refractivity contribution in [1.82, 2.24) is 0 Å². The molecule has 0 aliphatic carbocycles. The summed E-state index contributed by atoms with van der Waals surface area (Å²) in [5, 5.41) is 0. The second-order valence-electron chi connectivity index (χ2n) is 4.57. The van der Waals surface area contributed by atoms with Gasteiger partial charge >= 0.3 is 0 Å². The lowest BCUT2D eigenvalue weighted by Crippen LogP contribution is -2.26. The molecule has 1 rings (SSSR count). The molecule has 14 heavy (non-hydrogen) atoms. The van der Waals surface area contributed by atoms with Crippen molar-refractivity contribution in [3.05, 3.63) is 0 Å². The second kappa shape index (κ2) is 5.14. The lowest BCUT2D eigenvalue weighted by atomic mass is 10.0. The SMILES string of the molecule is CC(C)(C)[S@+]([O-])N=CC1CCOCC1. The van der Waals surface area contributed by atoms with Crippen LogP contribution in [-0.2, 0) is 16.1 Å². The smallest absolute Gasteiger partial charge is 0.144 e. The summed E-state index contributed by atoms with van der Waals surface area (Å²) in [7, 11) is 0. The Morgan fingerprint density at radius 2 is 1.93 bits per heavy atom. The third kappa shape index (κ3) is 3.98. The summed E-state index contributed by atoms with van der Waals surface area (Å²) < 4.78 is 20.7. The van der Waals surface area contributed by atoms with Gasteiger partial charge in [-0.2, -0.15) is 0 Å². The molecule has 3 nitrogen and oxygen atoms in total. The van der Waals surface area contributed by atoms with Crippen molar-refractivity contribution in [3.63, 3.8) is 0 Å². The van der Waals surface area contributed by atoms with Gasteiger partial charge in [0.05, 0.1) is 6.21 Å². The van der Waals surface area contributed by atoms with Crippen LogP contribution in [0.4, 0.5) is 0 Å². The van der Waals surface area contributed by atoms with E-state index >= 15 is 0 Å². The Kier molecular flexibility index (Phi) is 4.41. The highest BCUT2D eigenvalue weighted by Crippen LogP contribution is 2.18. The lowest BCUT2D eigenvalue weighted by Gasteiger charge is -2.20. The van der Waals surface area contributed by atoms with Gasteiger partial charge in [-0.25, -0.2) is 0 Å². The molecule has 1 fully saturated rings. The molecule has 0 aromatic heterocycles. The fourth-order valence-corrected chi connectivity index (χ4v) is 1.76. The van der Waals surface area contributed by atoms with E-state index in [1.165, 1.54) is 0 Å². The van der Waals surface area contributed by atoms with Gasteiger partial charge in [-0.15, -0.1) is 0 Å². The summed E-state index contributed by atoms with van der Waals surface area (Å²) in [5.74, 6) is 0.454. The number of hydrogen-bond donors (Lipinski definition) is 0. The fourth-order valence-electron chi connectivity index (χ4n) is 1.16. The Hall–Kier alpha value is -0.0600. The molecule has 0 N–H and O–H groups in total. The number of nitrogens with zero attached hydrogens (tertiary/aromatic N) is 1. The Morgan fingerprint density at radius 1 is 1.36 bits per heavy atom. The second-order valence-corrected chi connectivity index (χ2v) is 6.50. The molecule has 0 spiro atoms. The van der Waals surface area contributed by atoms with Crippen LogP contribution in [0.3, 0.4) is 0 Å². The molecule has 1 saturated heterocycles. The van der Waals surface area contributed by atoms with Gasteiger partial charge in [0.1, 0.15) is 16.1 Å². The van der Waals surface area contributed by atoms with Crippen molar-refractivity contribution >= 4 is 17.6 Å². The summed E-state index contributed by atoms with van der Waals surface area (Å²) in [5.41, 5.74) is 0. The van der Waals surface area contributed by atoms with Crippen LogP contribution in [0.2, 0.25) is 0 Å². The summed E-state index contributed by atoms with van der Waals surface area (Å²) >= 11 is -1.11. The highest BCUT2D eigenvalue weighted by molar-refractivity contribution is 7.91. The van der Waals surface area contributed by atoms with Gasteiger partial charge in [-0.05, 0) is 33.6 Å². The third-order valence-electron chi connectivity index (χ3n) is 2.16. The Bertz CT molecular complexity index is 195. The molecule has 0 aromatic carbocycles. The average molecular weight is 217 g/mol. The molecule has 1 aliphatic rings. The molecule has 0 aromatic rings. The molecule has 82 valence electrons. The maximum absolute atomic E-state index is 11.6. The van der Waals surface area contributed by atoms with Crippen LogP contribution in [0.25, 0.3) is 0 Å². The van der Waals surface area contributed by atoms with Gasteiger partial charge in [-0.1, -0.05) is 4.40 Å². The Balaban J connectivity index is 2.38. The van der Waals surface area contributed by atoms with Gasteiger partial charge in [0.25, 0.3) is 0 Å². The average Bonchev–Trinajstić information content (AvgIpc) is 2.14. The summed E-state index contributed by atoms with van der Waals surface area (Å²) in [6.45, 7) is 7.41. The van der Waals surface area contributed by atoms with Crippen LogP contribution in [0.5, 0.6) is 0 Å². The van der Waals surface area contributed by atoms with Crippen LogP contribution in [-0.4, -0.2) is 28.7 Å². The molecule has 0 unspecified atom stereocenters. The first-order chi connectivity index (χ1) is 6.50. The van der Waals surface area contributed by atoms with Gasteiger partial charge in [-0.3, -0.25) is 0 Å². The van der Waals surface area contributed by atoms with Crippen LogP contribution in [0.1, 0.15) is 33.6 Å². The lowest BCUT2D eigenvalue weighted by molar-refractivity contribution is 0.0838. The zero-order valence-corrected chi connectivity index (χ0v) is 9.97. The molecule has 1 atom stereocenters. The van der Waals surface area contributed by atoms with E-state index in [9.17, 15) is 4.55 Å². The van der Waals surface area contributed by atoms with E-state index in [0.29, 0.717) is 5.92 Å². The predicted octanol–water partition coefficient (Wildman–Crippen LogP) is 1.95. The van der Waals surface area contributed by atoms with Crippen molar-refractivity contribution < 1.29 is 9.29 Å². The molecule has 0 bridgehead atoms. The monoisotopic (exact) mass is 217 g/mol. The highest BCUT2D eigenvalue weighted by Gasteiger charge is 2.26. The van der Waals surface area contributed by atoms with Crippen LogP contribution in [0, 0.1) is 5.92 Å². The van der Waals surface area contributed by atoms with E-state index in [2.05, 4.69) is 4.40 Å². The van der Waals surface area contributed by atoms with Crippen molar-refractivity contribution in [1.29, 1.82) is 0 Å². The number of rotatable bonds is 2. The minimum Gasteiger partial charge on any atom is -0.591 e. The summed E-state index contributed by atoms with van der Waals surface area (Å²) in [4.78, 5) is 0. The van der Waals surface area contributed by atoms with Gasteiger partial charge in [0.2, 0.25) is 0 Å². The van der Waals surface area contributed by atoms with Gasteiger partial charge in [0.15, 0.2) is 0 Å². The molecular weight excluding hydrogens is 198 g/mol. The zero-order valence-electron chi connectivity index (χ0n) is 9.16. The first kappa shape index (κ1) is 12.0. The van der Waals surface area contributed by atoms with Gasteiger partial charge in [0, 0.05) is 19.1 Å². The molecule has 1 heterocycles. The van der Waals surface area contributed by atoms with Crippen molar-refractivity contribution in [2.24, 2.45) is 10.3 Å². The van der Waals surface area contributed by atoms with Crippen molar-refractivity contribution in [3.8, 4) is 0 Å². The van der Waals surface area contributed by atoms with E-state index < -0.39 is 11.4 Å². The Labute approximate surface area is 89.3 Å². The van der Waals surface area contributed by atoms with E-state index in [-0.39, 0.29) is 4.75 Å². The van der Waals surface area contributed by atoms with E-state index in [0.717, 1.165) is 26.1 Å². The summed E-state index contributed by atoms with van der Waals surface area (Å²) in [6.07, 6.45) is 3.86. The van der Waals surface area contributed by atoms with Crippen molar-refractivity contribution in [2.45, 2.75) is 38.4 Å². The normalized spacial score (nSPS) is 22.9. The standard InChI is InChI=1S/C10H19NO2S/c1-10(2,3)14(12)11-8-9-4-6-13-7-5-9/h8-9H,4-7H2,1-3H3/t14-/m0/s1. The molecule has 0 radical (unpaired) electrons. The first-order valence-corrected chi connectivity index (χ1v) is 6.15. The minimum atomic E-state index is -1.11. The topological polar surface area (TPSA) is 44.7 Å². The molecular formula is C10H19NO2S. The van der Waals surface area contributed by atoms with E-state index in [1.807, 2.05) is 27.0 Å². The van der Waals surface area contributed by atoms with E-state index in [4.69, 9.17) is 4.74 Å². The third-order valence-corrected chi connectivity index (χ3v) is 3.52.